The molecule has 5 nitrogen and oxygen atoms in total. The van der Waals surface area contributed by atoms with Crippen molar-refractivity contribution in [3.8, 4) is 17.5 Å². The van der Waals surface area contributed by atoms with Crippen molar-refractivity contribution >= 4 is 45.1 Å². The SMILES string of the molecule is Cc1c(C(=O)c2ccccc2)c2cc(OCC(=O)CC#N)ccc2n1-c1ccc(I)cc1. The molecule has 3 aromatic carbocycles. The number of aromatic nitrogens is 1. The molecular formula is C26H19IN2O3. The molecule has 4 rings (SSSR count). The monoisotopic (exact) mass is 534 g/mol. The van der Waals surface area contributed by atoms with Crippen LogP contribution in [0, 0.1) is 21.8 Å². The molecule has 32 heavy (non-hydrogen) atoms. The van der Waals surface area contributed by atoms with Gasteiger partial charge in [0.2, 0.25) is 0 Å². The zero-order valence-corrected chi connectivity index (χ0v) is 19.5. The lowest BCUT2D eigenvalue weighted by molar-refractivity contribution is -0.120. The van der Waals surface area contributed by atoms with Crippen LogP contribution in [0.3, 0.4) is 0 Å². The molecule has 0 fully saturated rings. The lowest BCUT2D eigenvalue weighted by Gasteiger charge is -2.09. The van der Waals surface area contributed by atoms with Crippen LogP contribution in [-0.2, 0) is 4.79 Å². The number of carbonyl (C=O) groups is 2. The summed E-state index contributed by atoms with van der Waals surface area (Å²) in [4.78, 5) is 25.2. The van der Waals surface area contributed by atoms with Gasteiger partial charge in [-0.3, -0.25) is 9.59 Å². The van der Waals surface area contributed by atoms with Gasteiger partial charge in [0.15, 0.2) is 11.6 Å². The second kappa shape index (κ2) is 9.37. The summed E-state index contributed by atoms with van der Waals surface area (Å²) >= 11 is 2.26. The van der Waals surface area contributed by atoms with Gasteiger partial charge in [0.05, 0.1) is 23.6 Å². The normalized spacial score (nSPS) is 10.7. The lowest BCUT2D eigenvalue weighted by Crippen LogP contribution is -2.10. The summed E-state index contributed by atoms with van der Waals surface area (Å²) in [5.41, 5.74) is 3.86. The molecule has 0 atom stereocenters. The Morgan fingerprint density at radius 2 is 1.75 bits per heavy atom. The number of benzene rings is 3. The first-order valence-corrected chi connectivity index (χ1v) is 11.1. The van der Waals surface area contributed by atoms with E-state index in [0.717, 1.165) is 25.9 Å². The highest BCUT2D eigenvalue weighted by atomic mass is 127. The van der Waals surface area contributed by atoms with Gasteiger partial charge < -0.3 is 9.30 Å². The molecule has 0 N–H and O–H groups in total. The van der Waals surface area contributed by atoms with E-state index in [4.69, 9.17) is 10.00 Å². The molecule has 4 aromatic rings. The van der Waals surface area contributed by atoms with E-state index in [1.807, 2.05) is 61.5 Å². The number of nitriles is 1. The summed E-state index contributed by atoms with van der Waals surface area (Å²) in [6.45, 7) is 1.75. The van der Waals surface area contributed by atoms with Crippen molar-refractivity contribution in [3.63, 3.8) is 0 Å². The number of Topliss-reactive ketones (excluding diaryl/α,β-unsaturated/α-hetero) is 1. The molecule has 0 aliphatic carbocycles. The Kier molecular flexibility index (Phi) is 6.37. The molecule has 1 heterocycles. The van der Waals surface area contributed by atoms with Gasteiger partial charge >= 0.3 is 0 Å². The highest BCUT2D eigenvalue weighted by molar-refractivity contribution is 14.1. The predicted octanol–water partition coefficient (Wildman–Crippen LogP) is 5.64. The minimum atomic E-state index is -0.291. The van der Waals surface area contributed by atoms with Crippen LogP contribution in [0.5, 0.6) is 5.75 Å². The van der Waals surface area contributed by atoms with Crippen molar-refractivity contribution in [3.05, 3.63) is 93.2 Å². The van der Waals surface area contributed by atoms with Crippen LogP contribution in [0.25, 0.3) is 16.6 Å². The molecule has 0 aliphatic rings. The third kappa shape index (κ3) is 4.30. The van der Waals surface area contributed by atoms with Crippen LogP contribution in [0.15, 0.2) is 72.8 Å². The van der Waals surface area contributed by atoms with Gasteiger partial charge in [-0.25, -0.2) is 0 Å². The predicted molar refractivity (Wildman–Crippen MR) is 131 cm³/mol. The third-order valence-electron chi connectivity index (χ3n) is 5.20. The summed E-state index contributed by atoms with van der Waals surface area (Å²) in [6.07, 6.45) is -0.192. The van der Waals surface area contributed by atoms with E-state index < -0.39 is 0 Å². The van der Waals surface area contributed by atoms with E-state index in [1.54, 1.807) is 24.3 Å². The maximum atomic E-state index is 13.5. The van der Waals surface area contributed by atoms with Crippen molar-refractivity contribution in [2.24, 2.45) is 0 Å². The Morgan fingerprint density at radius 3 is 2.44 bits per heavy atom. The first-order valence-electron chi connectivity index (χ1n) is 10.0. The minimum Gasteiger partial charge on any atom is -0.486 e. The Morgan fingerprint density at radius 1 is 1.03 bits per heavy atom. The molecule has 0 spiro atoms. The van der Waals surface area contributed by atoms with E-state index in [1.165, 1.54) is 0 Å². The highest BCUT2D eigenvalue weighted by Gasteiger charge is 2.22. The van der Waals surface area contributed by atoms with E-state index >= 15 is 0 Å². The Bertz CT molecular complexity index is 1350. The number of fused-ring (bicyclic) bond motifs is 1. The van der Waals surface area contributed by atoms with Crippen LogP contribution in [0.1, 0.15) is 28.0 Å². The van der Waals surface area contributed by atoms with Gasteiger partial charge in [-0.1, -0.05) is 30.3 Å². The maximum absolute atomic E-state index is 13.5. The van der Waals surface area contributed by atoms with Gasteiger partial charge in [-0.2, -0.15) is 5.26 Å². The van der Waals surface area contributed by atoms with Gasteiger partial charge in [0.1, 0.15) is 12.4 Å². The molecule has 0 amide bonds. The maximum Gasteiger partial charge on any atom is 0.195 e. The molecule has 0 radical (unpaired) electrons. The van der Waals surface area contributed by atoms with Crippen LogP contribution in [-0.4, -0.2) is 22.7 Å². The van der Waals surface area contributed by atoms with E-state index in [-0.39, 0.29) is 24.6 Å². The van der Waals surface area contributed by atoms with E-state index in [0.29, 0.717) is 16.9 Å². The molecule has 0 unspecified atom stereocenters. The number of halogens is 1. The van der Waals surface area contributed by atoms with Gasteiger partial charge in [0.25, 0.3) is 0 Å². The van der Waals surface area contributed by atoms with E-state index in [9.17, 15) is 9.59 Å². The topological polar surface area (TPSA) is 72.1 Å². The molecule has 6 heteroatoms. The van der Waals surface area contributed by atoms with Crippen LogP contribution >= 0.6 is 22.6 Å². The second-order valence-electron chi connectivity index (χ2n) is 7.31. The van der Waals surface area contributed by atoms with Gasteiger partial charge in [-0.05, 0) is 72.0 Å². The molecule has 0 bridgehead atoms. The van der Waals surface area contributed by atoms with Crippen molar-refractivity contribution in [1.29, 1.82) is 5.26 Å². The fraction of sp³-hybridized carbons (Fsp3) is 0.115. The summed E-state index contributed by atoms with van der Waals surface area (Å²) < 4.78 is 8.80. The van der Waals surface area contributed by atoms with Crippen molar-refractivity contribution in [1.82, 2.24) is 4.57 Å². The number of carbonyl (C=O) groups excluding carboxylic acids is 2. The average molecular weight is 534 g/mol. The van der Waals surface area contributed by atoms with Crippen LogP contribution in [0.4, 0.5) is 0 Å². The quantitative estimate of drug-likeness (QED) is 0.228. The fourth-order valence-corrected chi connectivity index (χ4v) is 4.09. The molecule has 1 aromatic heterocycles. The zero-order chi connectivity index (χ0) is 22.7. The summed E-state index contributed by atoms with van der Waals surface area (Å²) in [7, 11) is 0. The Balaban J connectivity index is 1.87. The Hall–Kier alpha value is -3.44. The number of ketones is 2. The number of rotatable bonds is 7. The number of hydrogen-bond donors (Lipinski definition) is 0. The van der Waals surface area contributed by atoms with E-state index in [2.05, 4.69) is 27.2 Å². The smallest absolute Gasteiger partial charge is 0.195 e. The molecule has 158 valence electrons. The Labute approximate surface area is 199 Å². The lowest BCUT2D eigenvalue weighted by atomic mass is 10.0. The number of hydrogen-bond acceptors (Lipinski definition) is 4. The standard InChI is InChI=1S/C26H19IN2O3/c1-17-25(26(31)18-5-3-2-4-6-18)23-15-22(32-16-21(30)13-14-28)11-12-24(23)29(17)20-9-7-19(27)8-10-20/h2-12,15H,13,16H2,1H3. The summed E-state index contributed by atoms with van der Waals surface area (Å²) in [6, 6.07) is 24.6. The second-order valence-corrected chi connectivity index (χ2v) is 8.55. The minimum absolute atomic E-state index is 0.0740. The third-order valence-corrected chi connectivity index (χ3v) is 5.92. The average Bonchev–Trinajstić information content (AvgIpc) is 3.09. The van der Waals surface area contributed by atoms with Gasteiger partial charge in [-0.15, -0.1) is 0 Å². The highest BCUT2D eigenvalue weighted by Crippen LogP contribution is 2.33. The zero-order valence-electron chi connectivity index (χ0n) is 17.3. The summed E-state index contributed by atoms with van der Waals surface area (Å²) in [5.74, 6) is 0.113. The number of ether oxygens (including phenoxy) is 1. The van der Waals surface area contributed by atoms with Gasteiger partial charge in [0, 0.05) is 25.9 Å². The summed E-state index contributed by atoms with van der Waals surface area (Å²) in [5, 5.41) is 9.42. The fourth-order valence-electron chi connectivity index (χ4n) is 3.73. The van der Waals surface area contributed by atoms with Crippen molar-refractivity contribution < 1.29 is 14.3 Å². The van der Waals surface area contributed by atoms with Crippen molar-refractivity contribution in [2.75, 3.05) is 6.61 Å². The molecule has 0 saturated carbocycles. The molecule has 0 aliphatic heterocycles. The largest absolute Gasteiger partial charge is 0.486 e. The van der Waals surface area contributed by atoms with Crippen molar-refractivity contribution in [2.45, 2.75) is 13.3 Å². The molecule has 0 saturated heterocycles. The molecular weight excluding hydrogens is 515 g/mol. The first-order chi connectivity index (χ1) is 15.5. The van der Waals surface area contributed by atoms with Crippen LogP contribution < -0.4 is 4.74 Å². The van der Waals surface area contributed by atoms with Crippen LogP contribution in [0.2, 0.25) is 0 Å². The number of nitrogens with zero attached hydrogens (tertiary/aromatic N) is 2. The first kappa shape index (κ1) is 21.8.